The molecule has 50 heavy (non-hydrogen) atoms. The van der Waals surface area contributed by atoms with Crippen LogP contribution >= 0.6 is 0 Å². The minimum absolute atomic E-state index is 0.116. The zero-order valence-electron chi connectivity index (χ0n) is 28.8. The van der Waals surface area contributed by atoms with Gasteiger partial charge >= 0.3 is 6.03 Å². The molecular formula is C40H45N5O5. The summed E-state index contributed by atoms with van der Waals surface area (Å²) in [7, 11) is 1.54. The van der Waals surface area contributed by atoms with Crippen LogP contribution in [0.1, 0.15) is 55.5 Å². The van der Waals surface area contributed by atoms with Crippen molar-refractivity contribution >= 4 is 34.2 Å². The Bertz CT molecular complexity index is 1910. The highest BCUT2D eigenvalue weighted by Crippen LogP contribution is 2.34. The van der Waals surface area contributed by atoms with E-state index >= 15 is 0 Å². The molecule has 1 aliphatic heterocycles. The van der Waals surface area contributed by atoms with E-state index in [4.69, 9.17) is 9.47 Å². The molecule has 1 aromatic heterocycles. The standard InChI is InChI=1S/C40H45N5O5/c1-4-29(5-2)42-40(48)43-31-14-19-37(38(24-31)49-3)50-34-17-12-30(13-18-34)41-39(47)27-10-15-32(16-11-27)45-26-28(35-8-6-7-9-36(35)45)25-44-22-20-33(46)21-23-44/h6-19,24,26,29,33,46H,4-5,20-23,25H2,1-3H3,(H,41,47)(H2,42,43,48). The Labute approximate surface area is 293 Å². The van der Waals surface area contributed by atoms with Gasteiger partial charge in [0.15, 0.2) is 11.5 Å². The van der Waals surface area contributed by atoms with Crippen LogP contribution in [0.4, 0.5) is 16.2 Å². The number of piperidine rings is 1. The average molecular weight is 676 g/mol. The second-order valence-corrected chi connectivity index (χ2v) is 12.7. The maximum absolute atomic E-state index is 13.2. The Morgan fingerprint density at radius 1 is 0.860 bits per heavy atom. The van der Waals surface area contributed by atoms with E-state index in [0.717, 1.165) is 56.5 Å². The van der Waals surface area contributed by atoms with Crippen LogP contribution in [0.3, 0.4) is 0 Å². The number of aliphatic hydroxyl groups excluding tert-OH is 1. The Morgan fingerprint density at radius 3 is 2.26 bits per heavy atom. The van der Waals surface area contributed by atoms with E-state index < -0.39 is 0 Å². The largest absolute Gasteiger partial charge is 0.493 e. The lowest BCUT2D eigenvalue weighted by Gasteiger charge is -2.29. The number of anilines is 2. The van der Waals surface area contributed by atoms with Crippen molar-refractivity contribution in [2.75, 3.05) is 30.8 Å². The van der Waals surface area contributed by atoms with Gasteiger partial charge in [0, 0.05) is 66.0 Å². The molecule has 3 amide bonds. The molecule has 0 radical (unpaired) electrons. The Kier molecular flexibility index (Phi) is 11.0. The number of amides is 3. The highest BCUT2D eigenvalue weighted by molar-refractivity contribution is 6.04. The van der Waals surface area contributed by atoms with Gasteiger partial charge in [-0.1, -0.05) is 32.0 Å². The van der Waals surface area contributed by atoms with Crippen molar-refractivity contribution in [3.8, 4) is 22.9 Å². The lowest BCUT2D eigenvalue weighted by molar-refractivity contribution is 0.0794. The second-order valence-electron chi connectivity index (χ2n) is 12.7. The van der Waals surface area contributed by atoms with Gasteiger partial charge in [0.25, 0.3) is 5.91 Å². The Morgan fingerprint density at radius 2 is 1.56 bits per heavy atom. The van der Waals surface area contributed by atoms with Crippen LogP contribution in [0.25, 0.3) is 16.6 Å². The zero-order chi connectivity index (χ0) is 35.0. The monoisotopic (exact) mass is 675 g/mol. The SMILES string of the molecule is CCC(CC)NC(=O)Nc1ccc(Oc2ccc(NC(=O)c3ccc(-n4cc(CN5CCC(O)CC5)c5ccccc54)cc3)cc2)c(OC)c1. The third-order valence-corrected chi connectivity index (χ3v) is 9.24. The molecule has 0 bridgehead atoms. The topological polar surface area (TPSA) is 117 Å². The van der Waals surface area contributed by atoms with Gasteiger partial charge in [-0.3, -0.25) is 9.69 Å². The molecule has 1 fully saturated rings. The van der Waals surface area contributed by atoms with E-state index in [9.17, 15) is 14.7 Å². The molecule has 0 spiro atoms. The Hall–Kier alpha value is -5.32. The van der Waals surface area contributed by atoms with Gasteiger partial charge in [0.05, 0.1) is 18.7 Å². The Balaban J connectivity index is 1.07. The number of urea groups is 1. The fourth-order valence-corrected chi connectivity index (χ4v) is 6.29. The number of methoxy groups -OCH3 is 1. The molecule has 0 unspecified atom stereocenters. The van der Waals surface area contributed by atoms with E-state index in [1.165, 1.54) is 10.9 Å². The van der Waals surface area contributed by atoms with Crippen molar-refractivity contribution in [1.82, 2.24) is 14.8 Å². The number of aliphatic hydroxyl groups is 1. The minimum Gasteiger partial charge on any atom is -0.493 e. The van der Waals surface area contributed by atoms with Crippen molar-refractivity contribution in [3.63, 3.8) is 0 Å². The molecule has 1 aliphatic rings. The number of likely N-dealkylation sites (tertiary alicyclic amines) is 1. The number of aromatic nitrogens is 1. The summed E-state index contributed by atoms with van der Waals surface area (Å²) in [6, 6.07) is 28.1. The molecule has 0 aliphatic carbocycles. The van der Waals surface area contributed by atoms with Crippen LogP contribution in [0.5, 0.6) is 17.2 Å². The molecule has 2 heterocycles. The number of para-hydroxylation sites is 1. The first-order valence-electron chi connectivity index (χ1n) is 17.3. The number of hydrogen-bond acceptors (Lipinski definition) is 6. The lowest BCUT2D eigenvalue weighted by Crippen LogP contribution is -2.37. The molecule has 6 rings (SSSR count). The van der Waals surface area contributed by atoms with Gasteiger partial charge in [0.2, 0.25) is 0 Å². The number of ether oxygens (including phenoxy) is 2. The molecule has 4 N–H and O–H groups in total. The third kappa shape index (κ3) is 8.27. The van der Waals surface area contributed by atoms with Crippen molar-refractivity contribution in [2.45, 2.75) is 58.2 Å². The molecule has 0 saturated carbocycles. The number of rotatable bonds is 12. The molecule has 5 aromatic rings. The van der Waals surface area contributed by atoms with E-state index in [-0.39, 0.29) is 24.1 Å². The van der Waals surface area contributed by atoms with Crippen LogP contribution in [-0.2, 0) is 6.54 Å². The van der Waals surface area contributed by atoms with E-state index in [1.54, 1.807) is 49.6 Å². The van der Waals surface area contributed by atoms with Crippen molar-refractivity contribution in [2.24, 2.45) is 0 Å². The number of carbonyl (C=O) groups is 2. The van der Waals surface area contributed by atoms with Crippen molar-refractivity contribution < 1.29 is 24.2 Å². The summed E-state index contributed by atoms with van der Waals surface area (Å²) in [5.41, 5.74) is 5.10. The van der Waals surface area contributed by atoms with Crippen LogP contribution < -0.4 is 25.4 Å². The second kappa shape index (κ2) is 15.9. The first-order chi connectivity index (χ1) is 24.3. The molecule has 10 heteroatoms. The first-order valence-corrected chi connectivity index (χ1v) is 17.3. The van der Waals surface area contributed by atoms with Crippen molar-refractivity contribution in [3.05, 3.63) is 108 Å². The quantitative estimate of drug-likeness (QED) is 0.107. The molecule has 1 saturated heterocycles. The highest BCUT2D eigenvalue weighted by atomic mass is 16.5. The first kappa shape index (κ1) is 34.5. The van der Waals surface area contributed by atoms with Crippen LogP contribution in [0, 0.1) is 0 Å². The molecule has 10 nitrogen and oxygen atoms in total. The van der Waals surface area contributed by atoms with Gasteiger partial charge in [-0.25, -0.2) is 4.79 Å². The third-order valence-electron chi connectivity index (χ3n) is 9.24. The van der Waals surface area contributed by atoms with Gasteiger partial charge in [-0.05, 0) is 98.0 Å². The van der Waals surface area contributed by atoms with Gasteiger partial charge < -0.3 is 35.1 Å². The number of carbonyl (C=O) groups excluding carboxylic acids is 2. The van der Waals surface area contributed by atoms with Crippen molar-refractivity contribution in [1.29, 1.82) is 0 Å². The maximum Gasteiger partial charge on any atom is 0.319 e. The molecule has 0 atom stereocenters. The number of nitrogens with zero attached hydrogens (tertiary/aromatic N) is 2. The van der Waals surface area contributed by atoms with Gasteiger partial charge in [0.1, 0.15) is 5.75 Å². The van der Waals surface area contributed by atoms with E-state index in [1.807, 2.05) is 44.2 Å². The van der Waals surface area contributed by atoms with E-state index in [2.05, 4.69) is 49.8 Å². The minimum atomic E-state index is -0.266. The molecule has 260 valence electrons. The molecule has 4 aromatic carbocycles. The average Bonchev–Trinajstić information content (AvgIpc) is 3.51. The summed E-state index contributed by atoms with van der Waals surface area (Å²) >= 11 is 0. The van der Waals surface area contributed by atoms with Crippen LogP contribution in [0.2, 0.25) is 0 Å². The summed E-state index contributed by atoms with van der Waals surface area (Å²) in [4.78, 5) is 27.9. The van der Waals surface area contributed by atoms with E-state index in [0.29, 0.717) is 34.2 Å². The maximum atomic E-state index is 13.2. The van der Waals surface area contributed by atoms with Gasteiger partial charge in [-0.15, -0.1) is 0 Å². The normalized spacial score (nSPS) is 13.7. The molecular weight excluding hydrogens is 630 g/mol. The predicted molar refractivity (Wildman–Crippen MR) is 198 cm³/mol. The zero-order valence-corrected chi connectivity index (χ0v) is 28.8. The number of hydrogen-bond donors (Lipinski definition) is 4. The van der Waals surface area contributed by atoms with Crippen LogP contribution in [-0.4, -0.2) is 58.9 Å². The summed E-state index contributed by atoms with van der Waals surface area (Å²) < 4.78 is 13.7. The number of fused-ring (bicyclic) bond motifs is 1. The van der Waals surface area contributed by atoms with Gasteiger partial charge in [-0.2, -0.15) is 0 Å². The fraction of sp³-hybridized carbons (Fsp3) is 0.300. The number of nitrogens with one attached hydrogen (secondary N) is 3. The number of benzene rings is 4. The lowest BCUT2D eigenvalue weighted by atomic mass is 10.1. The van der Waals surface area contributed by atoms with Crippen LogP contribution in [0.15, 0.2) is 97.2 Å². The summed E-state index contributed by atoms with van der Waals surface area (Å²) in [5.74, 6) is 1.31. The fourth-order valence-electron chi connectivity index (χ4n) is 6.29. The predicted octanol–water partition coefficient (Wildman–Crippen LogP) is 7.95. The summed E-state index contributed by atoms with van der Waals surface area (Å²) in [6.07, 6.45) is 5.33. The summed E-state index contributed by atoms with van der Waals surface area (Å²) in [6.45, 7) is 6.69. The summed E-state index contributed by atoms with van der Waals surface area (Å²) in [5, 5.41) is 19.9. The smallest absolute Gasteiger partial charge is 0.319 e. The highest BCUT2D eigenvalue weighted by Gasteiger charge is 2.19.